The fourth-order valence-corrected chi connectivity index (χ4v) is 2.11. The molecular formula is C16H16ClFN2O. The molecule has 0 aliphatic carbocycles. The highest BCUT2D eigenvalue weighted by Crippen LogP contribution is 2.20. The number of hydrogen-bond acceptors (Lipinski definition) is 2. The Morgan fingerprint density at radius 1 is 1.24 bits per heavy atom. The topological polar surface area (TPSA) is 41.1 Å². The van der Waals surface area contributed by atoms with Crippen LogP contribution in [0.25, 0.3) is 0 Å². The Kier molecular flexibility index (Phi) is 4.81. The first-order valence-corrected chi connectivity index (χ1v) is 6.89. The van der Waals surface area contributed by atoms with Gasteiger partial charge in [0.05, 0.1) is 0 Å². The standard InChI is InChI=1S/C16H16ClFN2O/c1-10-3-4-11(16(21)19-2)7-15(10)20-9-12-5-6-13(17)8-14(12)18/h3-8,20H,9H2,1-2H3,(H,19,21). The van der Waals surface area contributed by atoms with Gasteiger partial charge in [0.1, 0.15) is 5.82 Å². The Bertz CT molecular complexity index is 673. The van der Waals surface area contributed by atoms with Crippen molar-refractivity contribution in [2.24, 2.45) is 0 Å². The smallest absolute Gasteiger partial charge is 0.251 e. The first-order valence-electron chi connectivity index (χ1n) is 6.52. The van der Waals surface area contributed by atoms with E-state index in [2.05, 4.69) is 10.6 Å². The highest BCUT2D eigenvalue weighted by molar-refractivity contribution is 6.30. The van der Waals surface area contributed by atoms with E-state index in [4.69, 9.17) is 11.6 Å². The highest BCUT2D eigenvalue weighted by atomic mass is 35.5. The molecule has 0 atom stereocenters. The summed E-state index contributed by atoms with van der Waals surface area (Å²) in [5.41, 5.74) is 2.86. The fraction of sp³-hybridized carbons (Fsp3) is 0.188. The van der Waals surface area contributed by atoms with E-state index in [-0.39, 0.29) is 11.7 Å². The third kappa shape index (κ3) is 3.73. The van der Waals surface area contributed by atoms with Gasteiger partial charge in [-0.25, -0.2) is 4.39 Å². The Morgan fingerprint density at radius 3 is 2.67 bits per heavy atom. The summed E-state index contributed by atoms with van der Waals surface area (Å²) in [6.07, 6.45) is 0. The van der Waals surface area contributed by atoms with Crippen LogP contribution >= 0.6 is 11.6 Å². The molecule has 0 unspecified atom stereocenters. The number of rotatable bonds is 4. The third-order valence-corrected chi connectivity index (χ3v) is 3.45. The summed E-state index contributed by atoms with van der Waals surface area (Å²) in [4.78, 5) is 11.6. The number of hydrogen-bond donors (Lipinski definition) is 2. The molecule has 0 aliphatic heterocycles. The molecule has 2 N–H and O–H groups in total. The molecule has 0 spiro atoms. The van der Waals surface area contributed by atoms with Crippen molar-refractivity contribution in [3.63, 3.8) is 0 Å². The van der Waals surface area contributed by atoms with Crippen LogP contribution in [-0.2, 0) is 6.54 Å². The molecule has 0 heterocycles. The van der Waals surface area contributed by atoms with Crippen LogP contribution in [0.4, 0.5) is 10.1 Å². The average Bonchev–Trinajstić information content (AvgIpc) is 2.47. The lowest BCUT2D eigenvalue weighted by Gasteiger charge is -2.12. The summed E-state index contributed by atoms with van der Waals surface area (Å²) in [6, 6.07) is 9.93. The molecule has 2 aromatic carbocycles. The second-order valence-electron chi connectivity index (χ2n) is 4.70. The first kappa shape index (κ1) is 15.3. The van der Waals surface area contributed by atoms with Crippen molar-refractivity contribution in [3.05, 3.63) is 63.9 Å². The van der Waals surface area contributed by atoms with Crippen molar-refractivity contribution >= 4 is 23.2 Å². The number of halogens is 2. The van der Waals surface area contributed by atoms with E-state index in [9.17, 15) is 9.18 Å². The summed E-state index contributed by atoms with van der Waals surface area (Å²) >= 11 is 5.73. The normalized spacial score (nSPS) is 10.3. The Labute approximate surface area is 128 Å². The quantitative estimate of drug-likeness (QED) is 0.903. The molecule has 0 aromatic heterocycles. The molecule has 2 aromatic rings. The summed E-state index contributed by atoms with van der Waals surface area (Å²) in [6.45, 7) is 2.25. The second kappa shape index (κ2) is 6.59. The van der Waals surface area contributed by atoms with Crippen molar-refractivity contribution in [1.29, 1.82) is 0 Å². The van der Waals surface area contributed by atoms with Gasteiger partial charge in [-0.3, -0.25) is 4.79 Å². The Morgan fingerprint density at radius 2 is 2.00 bits per heavy atom. The first-order chi connectivity index (χ1) is 10.0. The Balaban J connectivity index is 2.17. The minimum absolute atomic E-state index is 0.157. The van der Waals surface area contributed by atoms with Gasteiger partial charge < -0.3 is 10.6 Å². The van der Waals surface area contributed by atoms with Gasteiger partial charge in [-0.05, 0) is 36.8 Å². The number of benzene rings is 2. The van der Waals surface area contributed by atoms with Gasteiger partial charge in [-0.1, -0.05) is 23.7 Å². The number of nitrogens with one attached hydrogen (secondary N) is 2. The Hall–Kier alpha value is -2.07. The monoisotopic (exact) mass is 306 g/mol. The second-order valence-corrected chi connectivity index (χ2v) is 5.13. The lowest BCUT2D eigenvalue weighted by atomic mass is 10.1. The zero-order valence-corrected chi connectivity index (χ0v) is 12.6. The predicted octanol–water partition coefficient (Wildman–Crippen LogP) is 3.76. The highest BCUT2D eigenvalue weighted by Gasteiger charge is 2.08. The van der Waals surface area contributed by atoms with Crippen LogP contribution in [0.15, 0.2) is 36.4 Å². The van der Waals surface area contributed by atoms with Crippen LogP contribution in [0, 0.1) is 12.7 Å². The van der Waals surface area contributed by atoms with E-state index < -0.39 is 0 Å². The molecule has 0 saturated carbocycles. The van der Waals surface area contributed by atoms with E-state index in [0.717, 1.165) is 11.3 Å². The molecule has 21 heavy (non-hydrogen) atoms. The van der Waals surface area contributed by atoms with Gasteiger partial charge in [0.25, 0.3) is 5.91 Å². The molecule has 3 nitrogen and oxygen atoms in total. The maximum Gasteiger partial charge on any atom is 0.251 e. The molecule has 0 aliphatic rings. The predicted molar refractivity (Wildman–Crippen MR) is 83.3 cm³/mol. The van der Waals surface area contributed by atoms with Crippen LogP contribution in [0.5, 0.6) is 0 Å². The van der Waals surface area contributed by atoms with Crippen LogP contribution < -0.4 is 10.6 Å². The van der Waals surface area contributed by atoms with Crippen LogP contribution in [0.3, 0.4) is 0 Å². The summed E-state index contributed by atoms with van der Waals surface area (Å²) in [5, 5.41) is 6.09. The molecule has 0 fully saturated rings. The minimum atomic E-state index is -0.352. The molecule has 110 valence electrons. The zero-order valence-electron chi connectivity index (χ0n) is 11.8. The van der Waals surface area contributed by atoms with Crippen molar-refractivity contribution in [1.82, 2.24) is 5.32 Å². The lowest BCUT2D eigenvalue weighted by molar-refractivity contribution is 0.0963. The molecule has 0 bridgehead atoms. The maximum atomic E-state index is 13.7. The summed E-state index contributed by atoms with van der Waals surface area (Å²) in [5.74, 6) is -0.508. The van der Waals surface area contributed by atoms with Crippen molar-refractivity contribution in [3.8, 4) is 0 Å². The van der Waals surface area contributed by atoms with Gasteiger partial charge in [0, 0.05) is 35.4 Å². The number of carbonyl (C=O) groups excluding carboxylic acids is 1. The average molecular weight is 307 g/mol. The van der Waals surface area contributed by atoms with Crippen molar-refractivity contribution < 1.29 is 9.18 Å². The maximum absolute atomic E-state index is 13.7. The number of carbonyl (C=O) groups is 1. The number of anilines is 1. The number of amides is 1. The van der Waals surface area contributed by atoms with E-state index in [1.54, 1.807) is 31.3 Å². The van der Waals surface area contributed by atoms with Gasteiger partial charge in [0.15, 0.2) is 0 Å². The molecule has 0 radical (unpaired) electrons. The van der Waals surface area contributed by atoms with Crippen LogP contribution in [0.1, 0.15) is 21.5 Å². The van der Waals surface area contributed by atoms with E-state index in [1.165, 1.54) is 6.07 Å². The molecule has 2 rings (SSSR count). The fourth-order valence-electron chi connectivity index (χ4n) is 1.95. The van der Waals surface area contributed by atoms with Gasteiger partial charge in [-0.2, -0.15) is 0 Å². The molecule has 5 heteroatoms. The van der Waals surface area contributed by atoms with E-state index >= 15 is 0 Å². The summed E-state index contributed by atoms with van der Waals surface area (Å²) < 4.78 is 13.7. The SMILES string of the molecule is CNC(=O)c1ccc(C)c(NCc2ccc(Cl)cc2F)c1. The van der Waals surface area contributed by atoms with Gasteiger partial charge in [-0.15, -0.1) is 0 Å². The molecule has 1 amide bonds. The summed E-state index contributed by atoms with van der Waals surface area (Å²) in [7, 11) is 1.58. The number of aryl methyl sites for hydroxylation is 1. The third-order valence-electron chi connectivity index (χ3n) is 3.21. The van der Waals surface area contributed by atoms with Crippen LogP contribution in [-0.4, -0.2) is 13.0 Å². The van der Waals surface area contributed by atoms with Gasteiger partial charge >= 0.3 is 0 Å². The van der Waals surface area contributed by atoms with Crippen LogP contribution in [0.2, 0.25) is 5.02 Å². The molecule has 0 saturated heterocycles. The largest absolute Gasteiger partial charge is 0.381 e. The zero-order chi connectivity index (χ0) is 15.4. The molecular weight excluding hydrogens is 291 g/mol. The van der Waals surface area contributed by atoms with Crippen molar-refractivity contribution in [2.75, 3.05) is 12.4 Å². The minimum Gasteiger partial charge on any atom is -0.381 e. The van der Waals surface area contributed by atoms with Gasteiger partial charge in [0.2, 0.25) is 0 Å². The van der Waals surface area contributed by atoms with E-state index in [1.807, 2.05) is 13.0 Å². The van der Waals surface area contributed by atoms with Crippen molar-refractivity contribution in [2.45, 2.75) is 13.5 Å². The lowest BCUT2D eigenvalue weighted by Crippen LogP contribution is -2.18. The van der Waals surface area contributed by atoms with E-state index in [0.29, 0.717) is 22.7 Å².